The molecule has 0 aromatic carbocycles. The standard InChI is InChI=1S/C6H12O2.CH5N/c1-3-5(4-2)6(7)8;1-2/h5H,3-4H2,1-2H3,(H,7,8);2H2,1H3. The summed E-state index contributed by atoms with van der Waals surface area (Å²) in [5, 5.41) is 8.37. The van der Waals surface area contributed by atoms with Crippen molar-refractivity contribution in [2.24, 2.45) is 11.7 Å². The summed E-state index contributed by atoms with van der Waals surface area (Å²) in [5.74, 6) is -0.801. The minimum absolute atomic E-state index is 0.130. The van der Waals surface area contributed by atoms with Crippen molar-refractivity contribution in [3.63, 3.8) is 0 Å². The molecular weight excluding hydrogens is 130 g/mol. The molecule has 0 saturated carbocycles. The van der Waals surface area contributed by atoms with Crippen molar-refractivity contribution in [1.82, 2.24) is 0 Å². The number of hydrogen-bond donors (Lipinski definition) is 2. The molecule has 62 valence electrons. The first-order chi connectivity index (χ1) is 4.72. The van der Waals surface area contributed by atoms with Crippen molar-refractivity contribution in [3.05, 3.63) is 0 Å². The van der Waals surface area contributed by atoms with Crippen LogP contribution in [0.2, 0.25) is 0 Å². The highest BCUT2D eigenvalue weighted by molar-refractivity contribution is 5.69. The van der Waals surface area contributed by atoms with Crippen LogP contribution >= 0.6 is 0 Å². The SMILES string of the molecule is CCC(CC)C(=O)O.CN. The molecule has 0 radical (unpaired) electrons. The minimum Gasteiger partial charge on any atom is -0.481 e. The Bertz CT molecular complexity index is 79.7. The van der Waals surface area contributed by atoms with Gasteiger partial charge in [0.25, 0.3) is 0 Å². The van der Waals surface area contributed by atoms with Gasteiger partial charge in [-0.05, 0) is 19.9 Å². The van der Waals surface area contributed by atoms with Crippen LogP contribution in [-0.2, 0) is 4.79 Å². The van der Waals surface area contributed by atoms with Crippen LogP contribution in [0, 0.1) is 5.92 Å². The second-order valence-electron chi connectivity index (χ2n) is 1.85. The van der Waals surface area contributed by atoms with E-state index < -0.39 is 5.97 Å². The van der Waals surface area contributed by atoms with Crippen molar-refractivity contribution in [3.8, 4) is 0 Å². The maximum Gasteiger partial charge on any atom is 0.306 e. The number of hydrogen-bond acceptors (Lipinski definition) is 2. The van der Waals surface area contributed by atoms with Gasteiger partial charge in [0, 0.05) is 0 Å². The Morgan fingerprint density at radius 1 is 1.40 bits per heavy atom. The zero-order valence-electron chi connectivity index (χ0n) is 6.92. The third-order valence-corrected chi connectivity index (χ3v) is 1.33. The van der Waals surface area contributed by atoms with E-state index in [1.54, 1.807) is 0 Å². The minimum atomic E-state index is -0.671. The van der Waals surface area contributed by atoms with E-state index >= 15 is 0 Å². The maximum atomic E-state index is 10.2. The summed E-state index contributed by atoms with van der Waals surface area (Å²) in [4.78, 5) is 10.2. The van der Waals surface area contributed by atoms with E-state index in [9.17, 15) is 4.79 Å². The van der Waals surface area contributed by atoms with Gasteiger partial charge in [-0.25, -0.2) is 0 Å². The van der Waals surface area contributed by atoms with E-state index in [1.165, 1.54) is 7.05 Å². The molecule has 0 aliphatic rings. The van der Waals surface area contributed by atoms with Crippen molar-refractivity contribution in [1.29, 1.82) is 0 Å². The van der Waals surface area contributed by atoms with Gasteiger partial charge < -0.3 is 10.8 Å². The summed E-state index contributed by atoms with van der Waals surface area (Å²) in [7, 11) is 1.50. The highest BCUT2D eigenvalue weighted by Crippen LogP contribution is 2.05. The van der Waals surface area contributed by atoms with Gasteiger partial charge in [-0.1, -0.05) is 13.8 Å². The smallest absolute Gasteiger partial charge is 0.306 e. The summed E-state index contributed by atoms with van der Waals surface area (Å²) in [6.45, 7) is 3.78. The van der Waals surface area contributed by atoms with Crippen LogP contribution in [0.3, 0.4) is 0 Å². The zero-order valence-corrected chi connectivity index (χ0v) is 6.92. The van der Waals surface area contributed by atoms with Crippen molar-refractivity contribution < 1.29 is 9.90 Å². The molecule has 0 aliphatic carbocycles. The predicted molar refractivity (Wildman–Crippen MR) is 41.8 cm³/mol. The molecule has 3 nitrogen and oxygen atoms in total. The Morgan fingerprint density at radius 2 is 1.70 bits per heavy atom. The third kappa shape index (κ3) is 5.56. The Hall–Kier alpha value is -0.570. The first kappa shape index (κ1) is 12.1. The van der Waals surface area contributed by atoms with E-state index in [2.05, 4.69) is 5.73 Å². The molecule has 3 heteroatoms. The Balaban J connectivity index is 0. The molecule has 0 aliphatic heterocycles. The monoisotopic (exact) mass is 147 g/mol. The lowest BCUT2D eigenvalue weighted by Crippen LogP contribution is -2.10. The molecule has 10 heavy (non-hydrogen) atoms. The fraction of sp³-hybridized carbons (Fsp3) is 0.857. The van der Waals surface area contributed by atoms with Crippen LogP contribution in [0.15, 0.2) is 0 Å². The van der Waals surface area contributed by atoms with Crippen LogP contribution < -0.4 is 5.73 Å². The van der Waals surface area contributed by atoms with Crippen molar-refractivity contribution in [2.75, 3.05) is 7.05 Å². The average Bonchev–Trinajstić information content (AvgIpc) is 1.94. The van der Waals surface area contributed by atoms with E-state index in [0.717, 1.165) is 12.8 Å². The number of carboxylic acids is 1. The largest absolute Gasteiger partial charge is 0.481 e. The lowest BCUT2D eigenvalue weighted by atomic mass is 10.1. The molecule has 3 N–H and O–H groups in total. The fourth-order valence-electron chi connectivity index (χ4n) is 0.638. The molecule has 0 heterocycles. The second-order valence-corrected chi connectivity index (χ2v) is 1.85. The molecule has 0 rings (SSSR count). The molecule has 0 unspecified atom stereocenters. The molecule has 0 aromatic rings. The summed E-state index contributed by atoms with van der Waals surface area (Å²) < 4.78 is 0. The van der Waals surface area contributed by atoms with E-state index in [0.29, 0.717) is 0 Å². The Labute approximate surface area is 62.2 Å². The third-order valence-electron chi connectivity index (χ3n) is 1.33. The quantitative estimate of drug-likeness (QED) is 0.628. The lowest BCUT2D eigenvalue weighted by molar-refractivity contribution is -0.141. The molecule has 0 bridgehead atoms. The van der Waals surface area contributed by atoms with E-state index in [1.807, 2.05) is 13.8 Å². The van der Waals surface area contributed by atoms with E-state index in [-0.39, 0.29) is 5.92 Å². The average molecular weight is 147 g/mol. The van der Waals surface area contributed by atoms with Gasteiger partial charge in [-0.3, -0.25) is 4.79 Å². The first-order valence-corrected chi connectivity index (χ1v) is 3.52. The highest BCUT2D eigenvalue weighted by Gasteiger charge is 2.10. The Morgan fingerprint density at radius 3 is 1.70 bits per heavy atom. The van der Waals surface area contributed by atoms with Gasteiger partial charge in [0.05, 0.1) is 5.92 Å². The number of aliphatic carboxylic acids is 1. The predicted octanol–water partition coefficient (Wildman–Crippen LogP) is 1.08. The van der Waals surface area contributed by atoms with Crippen molar-refractivity contribution >= 4 is 5.97 Å². The van der Waals surface area contributed by atoms with Crippen LogP contribution in [0.4, 0.5) is 0 Å². The number of carboxylic acid groups (broad SMARTS) is 1. The summed E-state index contributed by atoms with van der Waals surface area (Å²) in [6, 6.07) is 0. The molecule has 0 saturated heterocycles. The maximum absolute atomic E-state index is 10.2. The number of nitrogens with two attached hydrogens (primary N) is 1. The molecular formula is C7H17NO2. The molecule has 0 atom stereocenters. The fourth-order valence-corrected chi connectivity index (χ4v) is 0.638. The molecule has 0 aromatic heterocycles. The van der Waals surface area contributed by atoms with Crippen LogP contribution in [-0.4, -0.2) is 18.1 Å². The van der Waals surface area contributed by atoms with Crippen LogP contribution in [0.1, 0.15) is 26.7 Å². The highest BCUT2D eigenvalue weighted by atomic mass is 16.4. The van der Waals surface area contributed by atoms with Gasteiger partial charge >= 0.3 is 5.97 Å². The molecule has 0 spiro atoms. The van der Waals surface area contributed by atoms with Gasteiger partial charge in [0.1, 0.15) is 0 Å². The lowest BCUT2D eigenvalue weighted by Gasteiger charge is -2.02. The molecule has 0 amide bonds. The van der Waals surface area contributed by atoms with Crippen LogP contribution in [0.25, 0.3) is 0 Å². The second kappa shape index (κ2) is 8.43. The molecule has 0 fully saturated rings. The van der Waals surface area contributed by atoms with Gasteiger partial charge in [-0.2, -0.15) is 0 Å². The van der Waals surface area contributed by atoms with Crippen LogP contribution in [0.5, 0.6) is 0 Å². The normalized spacial score (nSPS) is 8.50. The van der Waals surface area contributed by atoms with Crippen molar-refractivity contribution in [2.45, 2.75) is 26.7 Å². The Kier molecular flexibility index (Phi) is 10.2. The zero-order chi connectivity index (χ0) is 8.57. The van der Waals surface area contributed by atoms with E-state index in [4.69, 9.17) is 5.11 Å². The topological polar surface area (TPSA) is 63.3 Å². The summed E-state index contributed by atoms with van der Waals surface area (Å²) >= 11 is 0. The number of carbonyl (C=O) groups is 1. The van der Waals surface area contributed by atoms with Gasteiger partial charge in [0.15, 0.2) is 0 Å². The number of rotatable bonds is 3. The van der Waals surface area contributed by atoms with Gasteiger partial charge in [-0.15, -0.1) is 0 Å². The van der Waals surface area contributed by atoms with Gasteiger partial charge in [0.2, 0.25) is 0 Å². The first-order valence-electron chi connectivity index (χ1n) is 3.52. The summed E-state index contributed by atoms with van der Waals surface area (Å²) in [6.07, 6.45) is 1.48. The summed E-state index contributed by atoms with van der Waals surface area (Å²) in [5.41, 5.74) is 4.50.